The summed E-state index contributed by atoms with van der Waals surface area (Å²) in [6, 6.07) is 7.41. The number of H-pyrrole nitrogens is 1. The molecule has 80 valence electrons. The first-order valence-electron chi connectivity index (χ1n) is 4.84. The maximum Gasteiger partial charge on any atom is 0.359 e. The van der Waals surface area contributed by atoms with Gasteiger partial charge in [-0.25, -0.2) is 4.79 Å². The number of nitrogens with zero attached hydrogens (tertiary/aromatic N) is 1. The molecular formula is C11H14N2O2. The van der Waals surface area contributed by atoms with Gasteiger partial charge < -0.3 is 4.74 Å². The van der Waals surface area contributed by atoms with Crippen molar-refractivity contribution in [2.75, 3.05) is 7.11 Å². The van der Waals surface area contributed by atoms with Gasteiger partial charge in [-0.3, -0.25) is 5.10 Å². The first kappa shape index (κ1) is 11.2. The Bertz CT molecular complexity index is 449. The van der Waals surface area contributed by atoms with Crippen LogP contribution in [0.3, 0.4) is 0 Å². The zero-order chi connectivity index (χ0) is 11.3. The number of aromatic amines is 1. The normalized spacial score (nSPS) is 9.27. The average Bonchev–Trinajstić information content (AvgIpc) is 2.74. The molecule has 0 radical (unpaired) electrons. The van der Waals surface area contributed by atoms with Crippen LogP contribution in [0.5, 0.6) is 0 Å². The summed E-state index contributed by atoms with van der Waals surface area (Å²) in [5, 5.41) is 7.41. The number of methoxy groups -OCH3 is 1. The fourth-order valence-electron chi connectivity index (χ4n) is 1.22. The lowest BCUT2D eigenvalue weighted by molar-refractivity contribution is 0.0596. The minimum Gasteiger partial charge on any atom is -0.464 e. The van der Waals surface area contributed by atoms with Crippen LogP contribution in [0.25, 0.3) is 10.9 Å². The smallest absolute Gasteiger partial charge is 0.359 e. The molecule has 2 rings (SSSR count). The number of hydrogen-bond donors (Lipinski definition) is 1. The van der Waals surface area contributed by atoms with Gasteiger partial charge in [0.25, 0.3) is 0 Å². The van der Waals surface area contributed by atoms with Crippen molar-refractivity contribution in [3.63, 3.8) is 0 Å². The summed E-state index contributed by atoms with van der Waals surface area (Å²) in [6.07, 6.45) is 0. The van der Waals surface area contributed by atoms with E-state index in [2.05, 4.69) is 14.9 Å². The lowest BCUT2D eigenvalue weighted by atomic mass is 10.2. The number of carbonyl (C=O) groups excluding carboxylic acids is 1. The van der Waals surface area contributed by atoms with E-state index in [0.717, 1.165) is 10.9 Å². The largest absolute Gasteiger partial charge is 0.464 e. The maximum atomic E-state index is 11.2. The molecule has 0 saturated carbocycles. The van der Waals surface area contributed by atoms with Crippen molar-refractivity contribution in [1.82, 2.24) is 10.2 Å². The standard InChI is InChI=1S/C9H8N2O2.C2H6/c1-13-9(12)8-6-4-2-3-5-7(6)10-11-8;1-2/h2-5H,1H3,(H,10,11);1-2H3. The van der Waals surface area contributed by atoms with Gasteiger partial charge in [-0.1, -0.05) is 32.0 Å². The van der Waals surface area contributed by atoms with E-state index in [4.69, 9.17) is 0 Å². The molecule has 0 saturated heterocycles. The van der Waals surface area contributed by atoms with Gasteiger partial charge in [0, 0.05) is 5.39 Å². The highest BCUT2D eigenvalue weighted by Crippen LogP contribution is 2.15. The first-order chi connectivity index (χ1) is 7.33. The zero-order valence-corrected chi connectivity index (χ0v) is 9.07. The van der Waals surface area contributed by atoms with Gasteiger partial charge in [-0.05, 0) is 6.07 Å². The van der Waals surface area contributed by atoms with Gasteiger partial charge in [0.1, 0.15) is 0 Å². The number of ether oxygens (including phenoxy) is 1. The Morgan fingerprint density at radius 3 is 2.67 bits per heavy atom. The van der Waals surface area contributed by atoms with Crippen molar-refractivity contribution in [3.8, 4) is 0 Å². The predicted octanol–water partition coefficient (Wildman–Crippen LogP) is 2.38. The minimum atomic E-state index is -0.419. The number of benzene rings is 1. The van der Waals surface area contributed by atoms with E-state index in [1.54, 1.807) is 0 Å². The topological polar surface area (TPSA) is 55.0 Å². The van der Waals surface area contributed by atoms with Crippen LogP contribution in [0.15, 0.2) is 24.3 Å². The molecule has 15 heavy (non-hydrogen) atoms. The van der Waals surface area contributed by atoms with Crippen molar-refractivity contribution < 1.29 is 9.53 Å². The second kappa shape index (κ2) is 5.14. The summed E-state index contributed by atoms with van der Waals surface area (Å²) in [5.41, 5.74) is 1.17. The molecule has 0 spiro atoms. The quantitative estimate of drug-likeness (QED) is 0.729. The molecule has 1 heterocycles. The molecule has 1 N–H and O–H groups in total. The maximum absolute atomic E-state index is 11.2. The Balaban J connectivity index is 0.000000531. The lowest BCUT2D eigenvalue weighted by Crippen LogP contribution is -2.01. The lowest BCUT2D eigenvalue weighted by Gasteiger charge is -1.93. The van der Waals surface area contributed by atoms with E-state index >= 15 is 0 Å². The molecule has 4 heteroatoms. The third kappa shape index (κ3) is 2.15. The number of esters is 1. The summed E-state index contributed by atoms with van der Waals surface area (Å²) < 4.78 is 4.58. The summed E-state index contributed by atoms with van der Waals surface area (Å²) >= 11 is 0. The summed E-state index contributed by atoms with van der Waals surface area (Å²) in [6.45, 7) is 4.00. The minimum absolute atomic E-state index is 0.332. The van der Waals surface area contributed by atoms with Crippen LogP contribution in [0.2, 0.25) is 0 Å². The average molecular weight is 206 g/mol. The highest BCUT2D eigenvalue weighted by Gasteiger charge is 2.12. The van der Waals surface area contributed by atoms with Gasteiger partial charge >= 0.3 is 5.97 Å². The number of rotatable bonds is 1. The van der Waals surface area contributed by atoms with Gasteiger partial charge in [0.05, 0.1) is 12.6 Å². The van der Waals surface area contributed by atoms with Gasteiger partial charge in [-0.2, -0.15) is 5.10 Å². The Hall–Kier alpha value is -1.84. The van der Waals surface area contributed by atoms with E-state index in [0.29, 0.717) is 5.69 Å². The van der Waals surface area contributed by atoms with Crippen molar-refractivity contribution in [3.05, 3.63) is 30.0 Å². The molecule has 0 bridgehead atoms. The van der Waals surface area contributed by atoms with E-state index in [1.807, 2.05) is 38.1 Å². The molecule has 0 fully saturated rings. The third-order valence-corrected chi connectivity index (χ3v) is 1.85. The number of para-hydroxylation sites is 1. The Morgan fingerprint density at radius 2 is 2.00 bits per heavy atom. The number of fused-ring (bicyclic) bond motifs is 1. The van der Waals surface area contributed by atoms with Crippen molar-refractivity contribution in [2.45, 2.75) is 13.8 Å². The van der Waals surface area contributed by atoms with Gasteiger partial charge in [0.2, 0.25) is 0 Å². The first-order valence-corrected chi connectivity index (χ1v) is 4.84. The van der Waals surface area contributed by atoms with Crippen LogP contribution in [-0.2, 0) is 4.74 Å². The Kier molecular flexibility index (Phi) is 3.85. The number of nitrogens with one attached hydrogen (secondary N) is 1. The van der Waals surface area contributed by atoms with Crippen molar-refractivity contribution in [2.24, 2.45) is 0 Å². The van der Waals surface area contributed by atoms with Crippen molar-refractivity contribution >= 4 is 16.9 Å². The summed E-state index contributed by atoms with van der Waals surface area (Å²) in [5.74, 6) is -0.419. The molecular weight excluding hydrogens is 192 g/mol. The van der Waals surface area contributed by atoms with E-state index in [9.17, 15) is 4.79 Å². The van der Waals surface area contributed by atoms with Crippen LogP contribution >= 0.6 is 0 Å². The molecule has 0 unspecified atom stereocenters. The van der Waals surface area contributed by atoms with E-state index in [-0.39, 0.29) is 0 Å². The molecule has 0 amide bonds. The summed E-state index contributed by atoms with van der Waals surface area (Å²) in [7, 11) is 1.34. The number of aromatic nitrogens is 2. The Morgan fingerprint density at radius 1 is 1.33 bits per heavy atom. The monoisotopic (exact) mass is 206 g/mol. The van der Waals surface area contributed by atoms with Crippen LogP contribution in [0.1, 0.15) is 24.3 Å². The highest BCUT2D eigenvalue weighted by molar-refractivity contribution is 6.01. The second-order valence-electron chi connectivity index (χ2n) is 2.61. The SMILES string of the molecule is CC.COC(=O)c1n[nH]c2ccccc12. The molecule has 1 aromatic heterocycles. The molecule has 4 nitrogen and oxygen atoms in total. The van der Waals surface area contributed by atoms with E-state index < -0.39 is 5.97 Å². The summed E-state index contributed by atoms with van der Waals surface area (Å²) in [4.78, 5) is 11.2. The fourth-order valence-corrected chi connectivity index (χ4v) is 1.22. The number of carbonyl (C=O) groups is 1. The number of hydrogen-bond acceptors (Lipinski definition) is 3. The van der Waals surface area contributed by atoms with Crippen molar-refractivity contribution in [1.29, 1.82) is 0 Å². The van der Waals surface area contributed by atoms with Gasteiger partial charge in [0.15, 0.2) is 5.69 Å². The fraction of sp³-hybridized carbons (Fsp3) is 0.273. The van der Waals surface area contributed by atoms with Gasteiger partial charge in [-0.15, -0.1) is 0 Å². The van der Waals surface area contributed by atoms with Crippen LogP contribution in [0, 0.1) is 0 Å². The molecule has 0 atom stereocenters. The third-order valence-electron chi connectivity index (χ3n) is 1.85. The Labute approximate surface area is 88.3 Å². The molecule has 1 aromatic carbocycles. The van der Waals surface area contributed by atoms with E-state index in [1.165, 1.54) is 7.11 Å². The molecule has 0 aliphatic rings. The van der Waals surface area contributed by atoms with Crippen LogP contribution < -0.4 is 0 Å². The molecule has 0 aliphatic carbocycles. The highest BCUT2D eigenvalue weighted by atomic mass is 16.5. The van der Waals surface area contributed by atoms with Crippen LogP contribution in [-0.4, -0.2) is 23.3 Å². The second-order valence-corrected chi connectivity index (χ2v) is 2.61. The molecule has 2 aromatic rings. The zero-order valence-electron chi connectivity index (χ0n) is 9.07. The predicted molar refractivity (Wildman–Crippen MR) is 58.8 cm³/mol. The molecule has 0 aliphatic heterocycles. The van der Waals surface area contributed by atoms with Crippen LogP contribution in [0.4, 0.5) is 0 Å².